The minimum absolute atomic E-state index is 0.0178. The molecule has 0 aliphatic heterocycles. The Hall–Kier alpha value is -4.07. The van der Waals surface area contributed by atoms with E-state index in [9.17, 15) is 22.8 Å². The number of nitrogens with zero attached hydrogens (tertiary/aromatic N) is 2. The SMILES string of the molecule is C=C[C@@H]1C[C@]1(NC(=O)[C@@H]1CC(Oc2cc(-c3cccc(C(C)C)n3)nc3c(Cl)c(OCCOC)ccc23)[C@H]2CC[C@H](C(C)C)C(=O)C21)C(=O)NS(=O)(=O)C1CC1. The number of hydrogen-bond donors (Lipinski definition) is 2. The number of sulfonamides is 1. The Morgan fingerprint density at radius 1 is 1.04 bits per heavy atom. The predicted molar refractivity (Wildman–Crippen MR) is 213 cm³/mol. The van der Waals surface area contributed by atoms with Gasteiger partial charge in [-0.25, -0.2) is 13.4 Å². The Morgan fingerprint density at radius 2 is 1.80 bits per heavy atom. The number of hydrogen-bond acceptors (Lipinski definition) is 10. The summed E-state index contributed by atoms with van der Waals surface area (Å²) >= 11 is 6.99. The van der Waals surface area contributed by atoms with E-state index in [2.05, 4.69) is 30.5 Å². The van der Waals surface area contributed by atoms with Crippen LogP contribution in [-0.2, 0) is 29.1 Å². The summed E-state index contributed by atoms with van der Waals surface area (Å²) in [4.78, 5) is 52.2. The first-order chi connectivity index (χ1) is 26.7. The monoisotopic (exact) mass is 806 g/mol. The highest BCUT2D eigenvalue weighted by Crippen LogP contribution is 2.51. The third kappa shape index (κ3) is 7.66. The van der Waals surface area contributed by atoms with Gasteiger partial charge in [-0.2, -0.15) is 0 Å². The van der Waals surface area contributed by atoms with Gasteiger partial charge in [-0.15, -0.1) is 6.58 Å². The van der Waals surface area contributed by atoms with Crippen LogP contribution in [0, 0.1) is 35.5 Å². The van der Waals surface area contributed by atoms with Gasteiger partial charge >= 0.3 is 0 Å². The molecule has 2 unspecified atom stereocenters. The van der Waals surface area contributed by atoms with Crippen LogP contribution in [-0.4, -0.2) is 73.2 Å². The summed E-state index contributed by atoms with van der Waals surface area (Å²) in [6, 6.07) is 11.2. The van der Waals surface area contributed by atoms with E-state index in [0.717, 1.165) is 5.69 Å². The highest BCUT2D eigenvalue weighted by molar-refractivity contribution is 7.91. The summed E-state index contributed by atoms with van der Waals surface area (Å²) in [6.45, 7) is 12.7. The molecule has 4 aliphatic rings. The number of aromatic nitrogens is 2. The zero-order chi connectivity index (χ0) is 40.1. The molecule has 12 nitrogen and oxygen atoms in total. The van der Waals surface area contributed by atoms with Crippen LogP contribution in [0.5, 0.6) is 11.5 Å². The molecule has 2 heterocycles. The lowest BCUT2D eigenvalue weighted by atomic mass is 9.68. The van der Waals surface area contributed by atoms with Gasteiger partial charge in [0.1, 0.15) is 40.6 Å². The third-order valence-corrected chi connectivity index (χ3v) is 14.2. The molecule has 0 spiro atoms. The number of ketones is 1. The summed E-state index contributed by atoms with van der Waals surface area (Å²) in [5, 5.41) is 3.25. The smallest absolute Gasteiger partial charge is 0.259 e. The fourth-order valence-electron chi connectivity index (χ4n) is 8.60. The van der Waals surface area contributed by atoms with Crippen molar-refractivity contribution in [1.29, 1.82) is 0 Å². The summed E-state index contributed by atoms with van der Waals surface area (Å²) in [6.07, 6.45) is 3.75. The molecule has 3 aromatic rings. The van der Waals surface area contributed by atoms with Crippen molar-refractivity contribution in [2.75, 3.05) is 20.3 Å². The van der Waals surface area contributed by atoms with Gasteiger partial charge in [-0.1, -0.05) is 51.4 Å². The number of carbonyl (C=O) groups excluding carboxylic acids is 3. The Kier molecular flexibility index (Phi) is 11.3. The molecular weight excluding hydrogens is 756 g/mol. The topological polar surface area (TPSA) is 163 Å². The fourth-order valence-corrected chi connectivity index (χ4v) is 10.2. The van der Waals surface area contributed by atoms with Gasteiger partial charge in [-0.3, -0.25) is 24.1 Å². The van der Waals surface area contributed by atoms with Crippen LogP contribution in [0.1, 0.15) is 77.8 Å². The molecule has 56 heavy (non-hydrogen) atoms. The van der Waals surface area contributed by atoms with Gasteiger partial charge in [0, 0.05) is 47.9 Å². The van der Waals surface area contributed by atoms with E-state index in [1.165, 1.54) is 0 Å². The fraction of sp³-hybridized carbons (Fsp3) is 0.548. The van der Waals surface area contributed by atoms with Crippen molar-refractivity contribution in [2.45, 2.75) is 89.0 Å². The number of nitrogens with one attached hydrogen (secondary N) is 2. The van der Waals surface area contributed by atoms with Gasteiger partial charge in [0.05, 0.1) is 34.7 Å². The largest absolute Gasteiger partial charge is 0.490 e. The third-order valence-electron chi connectivity index (χ3n) is 12.0. The Labute approximate surface area is 333 Å². The molecule has 7 atom stereocenters. The zero-order valence-electron chi connectivity index (χ0n) is 32.5. The molecule has 7 rings (SSSR count). The molecule has 1 aromatic carbocycles. The number of carbonyl (C=O) groups is 3. The number of methoxy groups -OCH3 is 1. The molecule has 4 fully saturated rings. The lowest BCUT2D eigenvalue weighted by Crippen LogP contribution is -2.54. The standard InChI is InChI=1S/C42H51ClN4O8S/c1-7-24-21-42(24,41(50)47-56(51,52)25-11-12-25)46-40(49)29-19-34(27-14-13-26(22(2)3)39(48)36(27)29)55-35-20-32(31-10-8-9-30(44-31)23(4)5)45-38-28(35)15-16-33(37(38)43)54-18-17-53-6/h7-10,15-16,20,22-27,29,34,36H,1,11-14,17-19,21H2,2-6H3,(H,46,49)(H,47,50)/t24-,26-,27-,29-,34?,36?,42-/m1/s1. The number of benzene rings is 1. The average Bonchev–Trinajstić information content (AvgIpc) is 4.10. The summed E-state index contributed by atoms with van der Waals surface area (Å²) in [7, 11) is -2.27. The second-order valence-electron chi connectivity index (χ2n) is 16.4. The van der Waals surface area contributed by atoms with E-state index in [-0.39, 0.29) is 48.9 Å². The Morgan fingerprint density at radius 3 is 2.46 bits per heavy atom. The van der Waals surface area contributed by atoms with Crippen molar-refractivity contribution in [3.63, 3.8) is 0 Å². The van der Waals surface area contributed by atoms with E-state index < -0.39 is 56.5 Å². The number of fused-ring (bicyclic) bond motifs is 2. The molecule has 0 radical (unpaired) electrons. The molecule has 2 N–H and O–H groups in total. The van der Waals surface area contributed by atoms with Gasteiger partial charge in [0.25, 0.3) is 5.91 Å². The molecule has 300 valence electrons. The average molecular weight is 807 g/mol. The van der Waals surface area contributed by atoms with Crippen molar-refractivity contribution in [2.24, 2.45) is 35.5 Å². The number of Topliss-reactive ketones (excluding diaryl/α,β-unsaturated/α-hetero) is 1. The van der Waals surface area contributed by atoms with Crippen molar-refractivity contribution in [1.82, 2.24) is 20.0 Å². The lowest BCUT2D eigenvalue weighted by molar-refractivity contribution is -0.140. The van der Waals surface area contributed by atoms with Gasteiger partial charge in [-0.05, 0) is 74.6 Å². The highest BCUT2D eigenvalue weighted by atomic mass is 35.5. The number of amides is 2. The second kappa shape index (κ2) is 15.7. The summed E-state index contributed by atoms with van der Waals surface area (Å²) in [5.74, 6) is -2.48. The molecule has 0 saturated heterocycles. The molecule has 2 aromatic heterocycles. The number of pyridine rings is 2. The van der Waals surface area contributed by atoms with E-state index in [1.54, 1.807) is 19.3 Å². The number of halogens is 1. The first-order valence-corrected chi connectivity index (χ1v) is 21.5. The van der Waals surface area contributed by atoms with Crippen LogP contribution in [0.25, 0.3) is 22.3 Å². The van der Waals surface area contributed by atoms with Gasteiger partial charge < -0.3 is 19.5 Å². The van der Waals surface area contributed by atoms with Gasteiger partial charge in [0.15, 0.2) is 0 Å². The molecule has 14 heteroatoms. The van der Waals surface area contributed by atoms with Crippen molar-refractivity contribution >= 4 is 50.1 Å². The van der Waals surface area contributed by atoms with Crippen LogP contribution >= 0.6 is 11.6 Å². The van der Waals surface area contributed by atoms with Crippen LogP contribution in [0.3, 0.4) is 0 Å². The molecule has 4 saturated carbocycles. The molecule has 2 amide bonds. The second-order valence-corrected chi connectivity index (χ2v) is 18.8. The Bertz CT molecular complexity index is 2160. The molecule has 4 aliphatic carbocycles. The van der Waals surface area contributed by atoms with Crippen LogP contribution < -0.4 is 19.5 Å². The Balaban J connectivity index is 1.24. The summed E-state index contributed by atoms with van der Waals surface area (Å²) in [5.41, 5.74) is 1.05. The van der Waals surface area contributed by atoms with E-state index in [4.69, 9.17) is 35.8 Å². The van der Waals surface area contributed by atoms with Crippen molar-refractivity contribution < 1.29 is 37.0 Å². The van der Waals surface area contributed by atoms with E-state index in [1.807, 2.05) is 44.2 Å². The normalized spacial score (nSPS) is 27.2. The first-order valence-electron chi connectivity index (χ1n) is 19.6. The van der Waals surface area contributed by atoms with E-state index >= 15 is 0 Å². The number of ether oxygens (including phenoxy) is 3. The zero-order valence-corrected chi connectivity index (χ0v) is 34.1. The first kappa shape index (κ1) is 40.1. The maximum absolute atomic E-state index is 14.4. The van der Waals surface area contributed by atoms with Crippen LogP contribution in [0.4, 0.5) is 0 Å². The van der Waals surface area contributed by atoms with Crippen LogP contribution in [0.2, 0.25) is 5.02 Å². The minimum atomic E-state index is -3.86. The van der Waals surface area contributed by atoms with Crippen molar-refractivity contribution in [3.8, 4) is 22.9 Å². The van der Waals surface area contributed by atoms with Gasteiger partial charge in [0.2, 0.25) is 15.9 Å². The maximum Gasteiger partial charge on any atom is 0.259 e. The van der Waals surface area contributed by atoms with E-state index in [0.29, 0.717) is 71.1 Å². The minimum Gasteiger partial charge on any atom is -0.490 e. The lowest BCUT2D eigenvalue weighted by Gasteiger charge is -2.36. The molecule has 0 bridgehead atoms. The predicted octanol–water partition coefficient (Wildman–Crippen LogP) is 6.40. The van der Waals surface area contributed by atoms with Crippen LogP contribution in [0.15, 0.2) is 49.1 Å². The highest BCUT2D eigenvalue weighted by Gasteiger charge is 2.63. The van der Waals surface area contributed by atoms with Crippen molar-refractivity contribution in [3.05, 3.63) is 59.8 Å². The summed E-state index contributed by atoms with van der Waals surface area (Å²) < 4.78 is 45.8. The maximum atomic E-state index is 14.4. The molecular formula is C42H51ClN4O8S. The quantitative estimate of drug-likeness (QED) is 0.130. The number of rotatable bonds is 15.